The molecular weight excluding hydrogens is 224 g/mol. The summed E-state index contributed by atoms with van der Waals surface area (Å²) in [6.07, 6.45) is 0. The maximum absolute atomic E-state index is 12.0. The van der Waals surface area contributed by atoms with Gasteiger partial charge in [0.25, 0.3) is 0 Å². The van der Waals surface area contributed by atoms with Gasteiger partial charge in [-0.1, -0.05) is 24.3 Å². The second-order valence-electron chi connectivity index (χ2n) is 3.42. The molecule has 0 aliphatic rings. The van der Waals surface area contributed by atoms with Crippen LogP contribution in [0.2, 0.25) is 0 Å². The summed E-state index contributed by atoms with van der Waals surface area (Å²) in [4.78, 5) is 12.0. The van der Waals surface area contributed by atoms with E-state index in [0.717, 1.165) is 0 Å². The summed E-state index contributed by atoms with van der Waals surface area (Å²) in [6.45, 7) is 0. The van der Waals surface area contributed by atoms with Crippen molar-refractivity contribution in [2.75, 3.05) is 0 Å². The fraction of sp³-hybridized carbons (Fsp3) is 0. The van der Waals surface area contributed by atoms with Gasteiger partial charge in [0.15, 0.2) is 0 Å². The highest BCUT2D eigenvalue weighted by molar-refractivity contribution is 5.89. The number of hydrogen-bond donors (Lipinski definition) is 0. The average Bonchev–Trinajstić information content (AvgIpc) is 2.30. The Kier molecular flexibility index (Phi) is 2.67. The van der Waals surface area contributed by atoms with E-state index in [-0.39, 0.29) is 17.8 Å². The molecule has 0 fully saturated rings. The number of benzene rings is 2. The largest absolute Gasteiger partial charge is 0.456 e. The van der Waals surface area contributed by atoms with E-state index in [1.165, 1.54) is 0 Å². The summed E-state index contributed by atoms with van der Waals surface area (Å²) in [5.41, 5.74) is 1.31. The summed E-state index contributed by atoms with van der Waals surface area (Å²) in [7, 11) is 0. The highest BCUT2D eigenvalue weighted by Gasteiger charge is 2.04. The summed E-state index contributed by atoms with van der Waals surface area (Å²) in [5, 5.41) is 1.27. The van der Waals surface area contributed by atoms with Crippen LogP contribution in [0.15, 0.2) is 57.7 Å². The molecule has 2 aromatic carbocycles. The van der Waals surface area contributed by atoms with Gasteiger partial charge in [-0.15, -0.1) is 12.4 Å². The van der Waals surface area contributed by atoms with Crippen molar-refractivity contribution in [3.8, 4) is 0 Å². The predicted octanol–water partition coefficient (Wildman–Crippen LogP) is 3.37. The molecule has 3 heteroatoms. The maximum atomic E-state index is 12.0. The van der Waals surface area contributed by atoms with Crippen LogP contribution in [0.1, 0.15) is 0 Å². The van der Waals surface area contributed by atoms with E-state index in [0.29, 0.717) is 21.9 Å². The standard InChI is InChI=1S/C13H8O2.ClH/c14-13-9-5-1-3-7-11(9)15-12-8-4-2-6-10(12)13;/h1-8H;1H. The van der Waals surface area contributed by atoms with Gasteiger partial charge in [-0.05, 0) is 24.3 Å². The van der Waals surface area contributed by atoms with Gasteiger partial charge in [0.1, 0.15) is 11.2 Å². The molecule has 80 valence electrons. The van der Waals surface area contributed by atoms with Crippen molar-refractivity contribution in [2.24, 2.45) is 0 Å². The Morgan fingerprint density at radius 3 is 1.69 bits per heavy atom. The monoisotopic (exact) mass is 232 g/mol. The number of rotatable bonds is 0. The predicted molar refractivity (Wildman–Crippen MR) is 67.2 cm³/mol. The lowest BCUT2D eigenvalue weighted by Crippen LogP contribution is -2.01. The Morgan fingerprint density at radius 1 is 0.750 bits per heavy atom. The van der Waals surface area contributed by atoms with Crippen LogP contribution in [0, 0.1) is 0 Å². The molecule has 0 radical (unpaired) electrons. The van der Waals surface area contributed by atoms with Crippen molar-refractivity contribution < 1.29 is 4.42 Å². The van der Waals surface area contributed by atoms with Crippen molar-refractivity contribution in [1.29, 1.82) is 0 Å². The van der Waals surface area contributed by atoms with Crippen LogP contribution in [0.25, 0.3) is 21.9 Å². The van der Waals surface area contributed by atoms with Crippen molar-refractivity contribution in [2.45, 2.75) is 0 Å². The zero-order chi connectivity index (χ0) is 10.3. The first kappa shape index (κ1) is 10.7. The van der Waals surface area contributed by atoms with E-state index in [2.05, 4.69) is 0 Å². The van der Waals surface area contributed by atoms with Gasteiger partial charge in [0.05, 0.1) is 10.8 Å². The molecule has 0 spiro atoms. The molecular formula is C13H9ClO2. The Balaban J connectivity index is 0.000000963. The first-order chi connectivity index (χ1) is 7.36. The lowest BCUT2D eigenvalue weighted by Gasteiger charge is -1.99. The van der Waals surface area contributed by atoms with Gasteiger partial charge in [0.2, 0.25) is 5.43 Å². The molecule has 0 bridgehead atoms. The Morgan fingerprint density at radius 2 is 1.19 bits per heavy atom. The molecule has 0 saturated heterocycles. The minimum Gasteiger partial charge on any atom is -0.456 e. The number of para-hydroxylation sites is 2. The topological polar surface area (TPSA) is 30.2 Å². The van der Waals surface area contributed by atoms with Gasteiger partial charge in [-0.3, -0.25) is 4.79 Å². The summed E-state index contributed by atoms with van der Waals surface area (Å²) in [6, 6.07) is 14.6. The highest BCUT2D eigenvalue weighted by atomic mass is 35.5. The molecule has 0 N–H and O–H groups in total. The minimum atomic E-state index is 0. The Hall–Kier alpha value is -1.80. The van der Waals surface area contributed by atoms with Crippen molar-refractivity contribution in [3.05, 3.63) is 58.8 Å². The van der Waals surface area contributed by atoms with Crippen molar-refractivity contribution >= 4 is 34.3 Å². The molecule has 0 amide bonds. The molecule has 3 rings (SSSR count). The van der Waals surface area contributed by atoms with Crippen molar-refractivity contribution in [1.82, 2.24) is 0 Å². The number of hydrogen-bond acceptors (Lipinski definition) is 2. The third kappa shape index (κ3) is 1.48. The van der Waals surface area contributed by atoms with Crippen LogP contribution in [0.5, 0.6) is 0 Å². The molecule has 0 aliphatic carbocycles. The second kappa shape index (κ2) is 3.99. The van der Waals surface area contributed by atoms with Gasteiger partial charge < -0.3 is 4.42 Å². The number of fused-ring (bicyclic) bond motifs is 2. The van der Waals surface area contributed by atoms with Gasteiger partial charge in [0, 0.05) is 0 Å². The molecule has 0 saturated carbocycles. The maximum Gasteiger partial charge on any atom is 0.200 e. The quantitative estimate of drug-likeness (QED) is 0.557. The van der Waals surface area contributed by atoms with E-state index >= 15 is 0 Å². The third-order valence-electron chi connectivity index (χ3n) is 2.48. The van der Waals surface area contributed by atoms with Crippen LogP contribution in [-0.2, 0) is 0 Å². The zero-order valence-electron chi connectivity index (χ0n) is 8.34. The smallest absolute Gasteiger partial charge is 0.200 e. The van der Waals surface area contributed by atoms with Crippen LogP contribution in [0.4, 0.5) is 0 Å². The van der Waals surface area contributed by atoms with Gasteiger partial charge >= 0.3 is 0 Å². The van der Waals surface area contributed by atoms with Crippen LogP contribution >= 0.6 is 12.4 Å². The molecule has 16 heavy (non-hydrogen) atoms. The van der Waals surface area contributed by atoms with E-state index in [1.807, 2.05) is 36.4 Å². The summed E-state index contributed by atoms with van der Waals surface area (Å²) >= 11 is 0. The number of halogens is 1. The van der Waals surface area contributed by atoms with E-state index < -0.39 is 0 Å². The summed E-state index contributed by atoms with van der Waals surface area (Å²) < 4.78 is 5.63. The van der Waals surface area contributed by atoms with E-state index in [4.69, 9.17) is 4.42 Å². The van der Waals surface area contributed by atoms with Crippen LogP contribution in [-0.4, -0.2) is 0 Å². The highest BCUT2D eigenvalue weighted by Crippen LogP contribution is 2.17. The molecule has 0 aliphatic heterocycles. The SMILES string of the molecule is Cl.O=c1c2ccccc2oc2ccccc12. The first-order valence-electron chi connectivity index (χ1n) is 4.77. The second-order valence-corrected chi connectivity index (χ2v) is 3.42. The average molecular weight is 233 g/mol. The molecule has 0 atom stereocenters. The summed E-state index contributed by atoms with van der Waals surface area (Å²) in [5.74, 6) is 0. The zero-order valence-corrected chi connectivity index (χ0v) is 9.16. The molecule has 1 heterocycles. The van der Waals surface area contributed by atoms with Gasteiger partial charge in [-0.2, -0.15) is 0 Å². The van der Waals surface area contributed by atoms with E-state index in [9.17, 15) is 4.79 Å². The van der Waals surface area contributed by atoms with Crippen LogP contribution < -0.4 is 5.43 Å². The lowest BCUT2D eigenvalue weighted by atomic mass is 10.1. The third-order valence-corrected chi connectivity index (χ3v) is 2.48. The lowest BCUT2D eigenvalue weighted by molar-refractivity contribution is 0.660. The fourth-order valence-electron chi connectivity index (χ4n) is 1.75. The molecule has 1 aromatic heterocycles. The fourth-order valence-corrected chi connectivity index (χ4v) is 1.75. The van der Waals surface area contributed by atoms with Gasteiger partial charge in [-0.25, -0.2) is 0 Å². The first-order valence-corrected chi connectivity index (χ1v) is 4.77. The van der Waals surface area contributed by atoms with Crippen LogP contribution in [0.3, 0.4) is 0 Å². The Labute approximate surface area is 97.9 Å². The Bertz CT molecular complexity index is 644. The van der Waals surface area contributed by atoms with E-state index in [1.54, 1.807) is 12.1 Å². The van der Waals surface area contributed by atoms with Crippen molar-refractivity contribution in [3.63, 3.8) is 0 Å². The molecule has 3 aromatic rings. The minimum absolute atomic E-state index is 0. The molecule has 2 nitrogen and oxygen atoms in total. The normalized spacial score (nSPS) is 10.2. The molecule has 0 unspecified atom stereocenters.